The second-order valence-electron chi connectivity index (χ2n) is 5.91. The second kappa shape index (κ2) is 14.6. The number of carbonyl (C=O) groups excluding carboxylic acids is 2. The molecule has 0 spiro atoms. The lowest BCUT2D eigenvalue weighted by molar-refractivity contribution is -0.116. The molecule has 1 aliphatic rings. The quantitative estimate of drug-likeness (QED) is 0.415. The van der Waals surface area contributed by atoms with E-state index in [0.717, 1.165) is 11.5 Å². The number of nitrogens with one attached hydrogen (secondary N) is 2. The molecule has 2 rings (SSSR count). The maximum absolute atomic E-state index is 11.0. The fraction of sp³-hybridized carbons (Fsp3) is 0.450. The summed E-state index contributed by atoms with van der Waals surface area (Å²) in [6.07, 6.45) is 11.9. The minimum absolute atomic E-state index is 0.0781. The molecule has 0 saturated carbocycles. The van der Waals surface area contributed by atoms with Gasteiger partial charge in [-0.3, -0.25) is 9.69 Å². The molecule has 1 aliphatic heterocycles. The zero-order valence-electron chi connectivity index (χ0n) is 16.9. The van der Waals surface area contributed by atoms with Crippen LogP contribution in [-0.4, -0.2) is 54.2 Å². The standard InChI is InChI=1S/C9H15N3.C9H13NO.C2H5NO/c1-7-6-10-9(11-7)8-4-3-5-12(8)2;1-4-6-7-8(5-2)9(11)10-3;3-1-2-4/h6,8H,3-5H2,1-2H3,(H,10,11);4-7H,1H2,2-3H3,(H,10,11);2H,1,3H2/b;7-6-,8-5+;. The number of allylic oxidation sites excluding steroid dienone is 3. The van der Waals surface area contributed by atoms with E-state index in [0.29, 0.717) is 17.9 Å². The first-order valence-corrected chi connectivity index (χ1v) is 8.97. The van der Waals surface area contributed by atoms with Gasteiger partial charge in [0, 0.05) is 31.1 Å². The Kier molecular flexibility index (Phi) is 13.3. The summed E-state index contributed by atoms with van der Waals surface area (Å²) in [5, 5.41) is 2.53. The average Bonchev–Trinajstić information content (AvgIpc) is 3.30. The van der Waals surface area contributed by atoms with E-state index in [2.05, 4.69) is 39.5 Å². The summed E-state index contributed by atoms with van der Waals surface area (Å²) in [4.78, 5) is 30.0. The summed E-state index contributed by atoms with van der Waals surface area (Å²) in [6, 6.07) is 0.527. The molecule has 0 radical (unpaired) electrons. The number of nitrogens with two attached hydrogens (primary N) is 1. The predicted octanol–water partition coefficient (Wildman–Crippen LogP) is 2.05. The molecule has 27 heavy (non-hydrogen) atoms. The normalized spacial score (nSPS) is 16.8. The van der Waals surface area contributed by atoms with Crippen molar-refractivity contribution in [2.45, 2.75) is 32.7 Å². The maximum atomic E-state index is 11.0. The van der Waals surface area contributed by atoms with Gasteiger partial charge in [-0.15, -0.1) is 0 Å². The number of imidazole rings is 1. The summed E-state index contributed by atoms with van der Waals surface area (Å²) in [7, 11) is 3.77. The van der Waals surface area contributed by atoms with Crippen LogP contribution >= 0.6 is 0 Å². The molecule has 0 bridgehead atoms. The highest BCUT2D eigenvalue weighted by molar-refractivity contribution is 5.95. The Morgan fingerprint density at radius 1 is 1.56 bits per heavy atom. The number of H-pyrrole nitrogens is 1. The Hall–Kier alpha value is -2.51. The average molecular weight is 376 g/mol. The molecule has 1 aromatic heterocycles. The van der Waals surface area contributed by atoms with E-state index in [9.17, 15) is 4.79 Å². The zero-order valence-corrected chi connectivity index (χ0v) is 16.9. The van der Waals surface area contributed by atoms with Gasteiger partial charge in [0.2, 0.25) is 0 Å². The Bertz CT molecular complexity index is 634. The first kappa shape index (κ1) is 24.5. The maximum Gasteiger partial charge on any atom is 0.250 e. The van der Waals surface area contributed by atoms with Crippen molar-refractivity contribution in [1.82, 2.24) is 20.2 Å². The number of rotatable bonds is 5. The van der Waals surface area contributed by atoms with Gasteiger partial charge in [0.1, 0.15) is 12.1 Å². The summed E-state index contributed by atoms with van der Waals surface area (Å²) in [5.74, 6) is 1.05. The molecule has 1 amide bonds. The number of hydrogen-bond acceptors (Lipinski definition) is 5. The van der Waals surface area contributed by atoms with Gasteiger partial charge in [-0.25, -0.2) is 4.98 Å². The minimum atomic E-state index is -0.0781. The van der Waals surface area contributed by atoms with Crippen molar-refractivity contribution < 1.29 is 9.59 Å². The van der Waals surface area contributed by atoms with E-state index in [1.165, 1.54) is 19.4 Å². The molecular formula is C20H33N5O2. The topological polar surface area (TPSA) is 104 Å². The van der Waals surface area contributed by atoms with Gasteiger partial charge in [-0.05, 0) is 46.4 Å². The van der Waals surface area contributed by atoms with Crippen molar-refractivity contribution in [2.24, 2.45) is 5.73 Å². The lowest BCUT2D eigenvalue weighted by Crippen LogP contribution is -2.18. The Morgan fingerprint density at radius 3 is 2.59 bits per heavy atom. The van der Waals surface area contributed by atoms with Crippen LogP contribution in [0.3, 0.4) is 0 Å². The number of aldehydes is 1. The van der Waals surface area contributed by atoms with Crippen LogP contribution in [0.4, 0.5) is 0 Å². The number of amides is 1. The smallest absolute Gasteiger partial charge is 0.250 e. The summed E-state index contributed by atoms with van der Waals surface area (Å²) in [5.41, 5.74) is 6.46. The fourth-order valence-electron chi connectivity index (χ4n) is 2.48. The third kappa shape index (κ3) is 9.67. The van der Waals surface area contributed by atoms with Crippen LogP contribution in [0, 0.1) is 6.92 Å². The number of aromatic amines is 1. The van der Waals surface area contributed by atoms with Gasteiger partial charge in [0.25, 0.3) is 5.91 Å². The molecule has 7 nitrogen and oxygen atoms in total. The van der Waals surface area contributed by atoms with Crippen molar-refractivity contribution in [1.29, 1.82) is 0 Å². The zero-order chi connectivity index (χ0) is 20.7. The summed E-state index contributed by atoms with van der Waals surface area (Å²) in [6.45, 7) is 8.71. The van der Waals surface area contributed by atoms with E-state index >= 15 is 0 Å². The van der Waals surface area contributed by atoms with Crippen molar-refractivity contribution in [3.05, 3.63) is 54.2 Å². The second-order valence-corrected chi connectivity index (χ2v) is 5.91. The van der Waals surface area contributed by atoms with Gasteiger partial charge >= 0.3 is 0 Å². The molecule has 1 aromatic rings. The van der Waals surface area contributed by atoms with E-state index < -0.39 is 0 Å². The number of likely N-dealkylation sites (N-methyl/N-ethyl adjacent to an activating group) is 1. The third-order valence-electron chi connectivity index (χ3n) is 3.87. The van der Waals surface area contributed by atoms with Gasteiger partial charge in [0.05, 0.1) is 6.04 Å². The molecule has 7 heteroatoms. The molecule has 4 N–H and O–H groups in total. The van der Waals surface area contributed by atoms with Crippen LogP contribution in [0.5, 0.6) is 0 Å². The molecule has 1 saturated heterocycles. The van der Waals surface area contributed by atoms with Crippen LogP contribution in [0.15, 0.2) is 42.7 Å². The largest absolute Gasteiger partial charge is 0.355 e. The molecule has 0 aliphatic carbocycles. The molecule has 1 atom stereocenters. The monoisotopic (exact) mass is 375 g/mol. The van der Waals surface area contributed by atoms with Gasteiger partial charge in [0.15, 0.2) is 0 Å². The Labute approximate surface area is 162 Å². The SMILES string of the molecule is C=C/C=C\C(=C/C)C(=O)NC.Cc1cnc(C2CCCN2C)[nH]1.NCC=O. The molecular weight excluding hydrogens is 342 g/mol. The lowest BCUT2D eigenvalue weighted by Gasteiger charge is -2.16. The molecule has 1 unspecified atom stereocenters. The van der Waals surface area contributed by atoms with E-state index in [1.54, 1.807) is 31.4 Å². The number of nitrogens with zero attached hydrogens (tertiary/aromatic N) is 2. The van der Waals surface area contributed by atoms with Crippen LogP contribution < -0.4 is 11.1 Å². The first-order valence-electron chi connectivity index (χ1n) is 8.97. The van der Waals surface area contributed by atoms with Gasteiger partial charge < -0.3 is 20.8 Å². The van der Waals surface area contributed by atoms with Crippen LogP contribution in [0.2, 0.25) is 0 Å². The highest BCUT2D eigenvalue weighted by Gasteiger charge is 2.24. The van der Waals surface area contributed by atoms with E-state index in [-0.39, 0.29) is 12.5 Å². The van der Waals surface area contributed by atoms with Crippen LogP contribution in [0.1, 0.15) is 37.3 Å². The van der Waals surface area contributed by atoms with Crippen molar-refractivity contribution in [3.63, 3.8) is 0 Å². The number of aryl methyl sites for hydroxylation is 1. The molecule has 0 aromatic carbocycles. The van der Waals surface area contributed by atoms with Crippen molar-refractivity contribution in [3.8, 4) is 0 Å². The van der Waals surface area contributed by atoms with Crippen molar-refractivity contribution in [2.75, 3.05) is 27.2 Å². The summed E-state index contributed by atoms with van der Waals surface area (Å²) < 4.78 is 0. The third-order valence-corrected chi connectivity index (χ3v) is 3.87. The van der Waals surface area contributed by atoms with Crippen molar-refractivity contribution >= 4 is 12.2 Å². The van der Waals surface area contributed by atoms with Crippen LogP contribution in [-0.2, 0) is 9.59 Å². The highest BCUT2D eigenvalue weighted by Crippen LogP contribution is 2.27. The molecule has 150 valence electrons. The van der Waals surface area contributed by atoms with E-state index in [1.807, 2.05) is 20.0 Å². The highest BCUT2D eigenvalue weighted by atomic mass is 16.1. The minimum Gasteiger partial charge on any atom is -0.355 e. The summed E-state index contributed by atoms with van der Waals surface area (Å²) >= 11 is 0. The van der Waals surface area contributed by atoms with Gasteiger partial charge in [-0.2, -0.15) is 0 Å². The number of hydrogen-bond donors (Lipinski definition) is 3. The Balaban J connectivity index is 0.000000422. The Morgan fingerprint density at radius 2 is 2.22 bits per heavy atom. The van der Waals surface area contributed by atoms with E-state index in [4.69, 9.17) is 4.79 Å². The molecule has 1 fully saturated rings. The predicted molar refractivity (Wildman–Crippen MR) is 110 cm³/mol. The fourth-order valence-corrected chi connectivity index (χ4v) is 2.48. The number of carbonyl (C=O) groups is 2. The molecule has 2 heterocycles. The number of likely N-dealkylation sites (tertiary alicyclic amines) is 1. The number of aromatic nitrogens is 2. The first-order chi connectivity index (χ1) is 12.9. The van der Waals surface area contributed by atoms with Crippen LogP contribution in [0.25, 0.3) is 0 Å². The lowest BCUT2D eigenvalue weighted by atomic mass is 10.2. The van der Waals surface area contributed by atoms with Gasteiger partial charge in [-0.1, -0.05) is 24.8 Å².